The second-order valence-corrected chi connectivity index (χ2v) is 5.79. The molecule has 0 radical (unpaired) electrons. The van der Waals surface area contributed by atoms with Crippen molar-refractivity contribution in [1.82, 2.24) is 14.8 Å². The van der Waals surface area contributed by atoms with E-state index in [4.69, 9.17) is 5.11 Å². The number of thiophene rings is 1. The van der Waals surface area contributed by atoms with Crippen molar-refractivity contribution >= 4 is 34.6 Å². The summed E-state index contributed by atoms with van der Waals surface area (Å²) in [5.41, 5.74) is 2.44. The first-order valence-electron chi connectivity index (χ1n) is 6.69. The van der Waals surface area contributed by atoms with E-state index < -0.39 is 5.97 Å². The van der Waals surface area contributed by atoms with Crippen LogP contribution in [0, 0.1) is 6.92 Å². The molecule has 3 aromatic heterocycles. The molecule has 7 heteroatoms. The molecule has 22 heavy (non-hydrogen) atoms. The standard InChI is InChI=1S/C15H13N3O3S/c1-9-14-10(8-19)7-11(12-3-2-6-22-12)16-15(14)18(17-9)5-4-13(20)21/h2-3,6-8H,4-5H2,1H3,(H,20,21). The number of rotatable bonds is 5. The minimum absolute atomic E-state index is 0.0441. The summed E-state index contributed by atoms with van der Waals surface area (Å²) in [5, 5.41) is 15.8. The first-order chi connectivity index (χ1) is 10.6. The average molecular weight is 315 g/mol. The second kappa shape index (κ2) is 5.69. The van der Waals surface area contributed by atoms with Crippen molar-refractivity contribution in [3.63, 3.8) is 0 Å². The molecular formula is C15H13N3O3S. The topological polar surface area (TPSA) is 85.1 Å². The summed E-state index contributed by atoms with van der Waals surface area (Å²) in [5.74, 6) is -0.897. The zero-order chi connectivity index (χ0) is 15.7. The van der Waals surface area contributed by atoms with Crippen LogP contribution in [-0.2, 0) is 11.3 Å². The predicted octanol–water partition coefficient (Wildman–Crippen LogP) is 2.76. The largest absolute Gasteiger partial charge is 0.481 e. The Kier molecular flexibility index (Phi) is 3.72. The normalized spacial score (nSPS) is 11.0. The van der Waals surface area contributed by atoms with Gasteiger partial charge in [0.25, 0.3) is 0 Å². The number of aliphatic carboxylic acids is 1. The Morgan fingerprint density at radius 1 is 1.50 bits per heavy atom. The zero-order valence-electron chi connectivity index (χ0n) is 11.8. The van der Waals surface area contributed by atoms with Crippen LogP contribution in [0.1, 0.15) is 22.5 Å². The molecule has 0 aliphatic heterocycles. The fourth-order valence-corrected chi connectivity index (χ4v) is 3.07. The van der Waals surface area contributed by atoms with E-state index in [9.17, 15) is 9.59 Å². The fraction of sp³-hybridized carbons (Fsp3) is 0.200. The van der Waals surface area contributed by atoms with E-state index in [1.54, 1.807) is 17.7 Å². The van der Waals surface area contributed by atoms with Crippen molar-refractivity contribution in [2.45, 2.75) is 19.9 Å². The predicted molar refractivity (Wildman–Crippen MR) is 83.2 cm³/mol. The minimum atomic E-state index is -0.897. The number of fused-ring (bicyclic) bond motifs is 1. The number of hydrogen-bond donors (Lipinski definition) is 1. The van der Waals surface area contributed by atoms with E-state index in [0.717, 1.165) is 11.2 Å². The molecule has 0 spiro atoms. The van der Waals surface area contributed by atoms with Crippen LogP contribution in [0.3, 0.4) is 0 Å². The maximum atomic E-state index is 11.4. The molecule has 0 saturated heterocycles. The van der Waals surface area contributed by atoms with Crippen LogP contribution in [0.2, 0.25) is 0 Å². The Balaban J connectivity index is 2.19. The van der Waals surface area contributed by atoms with E-state index in [2.05, 4.69) is 10.1 Å². The number of aromatic nitrogens is 3. The molecule has 0 aliphatic carbocycles. The molecule has 3 heterocycles. The van der Waals surface area contributed by atoms with Crippen molar-refractivity contribution in [2.75, 3.05) is 0 Å². The van der Waals surface area contributed by atoms with Crippen LogP contribution in [0.25, 0.3) is 21.6 Å². The van der Waals surface area contributed by atoms with Gasteiger partial charge < -0.3 is 5.11 Å². The van der Waals surface area contributed by atoms with Crippen molar-refractivity contribution < 1.29 is 14.7 Å². The third-order valence-corrected chi connectivity index (χ3v) is 4.24. The monoisotopic (exact) mass is 315 g/mol. The first-order valence-corrected chi connectivity index (χ1v) is 7.57. The third-order valence-electron chi connectivity index (χ3n) is 3.35. The van der Waals surface area contributed by atoms with Crippen LogP contribution in [0.15, 0.2) is 23.6 Å². The van der Waals surface area contributed by atoms with E-state index in [1.807, 2.05) is 17.5 Å². The van der Waals surface area contributed by atoms with Gasteiger partial charge in [0.05, 0.1) is 34.6 Å². The van der Waals surface area contributed by atoms with Gasteiger partial charge in [-0.05, 0) is 24.4 Å². The summed E-state index contributed by atoms with van der Waals surface area (Å²) in [6.45, 7) is 2.01. The molecule has 0 atom stereocenters. The second-order valence-electron chi connectivity index (χ2n) is 4.84. The molecule has 0 aromatic carbocycles. The van der Waals surface area contributed by atoms with Crippen LogP contribution >= 0.6 is 11.3 Å². The third kappa shape index (κ3) is 2.50. The fourth-order valence-electron chi connectivity index (χ4n) is 2.39. The molecule has 3 aromatic rings. The number of aryl methyl sites for hydroxylation is 2. The lowest BCUT2D eigenvalue weighted by Gasteiger charge is -2.04. The Labute approximate surface area is 130 Å². The van der Waals surface area contributed by atoms with Gasteiger partial charge in [-0.2, -0.15) is 5.10 Å². The van der Waals surface area contributed by atoms with Gasteiger partial charge in [-0.3, -0.25) is 9.59 Å². The Morgan fingerprint density at radius 2 is 2.32 bits per heavy atom. The number of aldehydes is 1. The van der Waals surface area contributed by atoms with E-state index in [-0.39, 0.29) is 13.0 Å². The molecule has 6 nitrogen and oxygen atoms in total. The number of nitrogens with zero attached hydrogens (tertiary/aromatic N) is 3. The van der Waals surface area contributed by atoms with Gasteiger partial charge in [-0.15, -0.1) is 11.3 Å². The summed E-state index contributed by atoms with van der Waals surface area (Å²) in [4.78, 5) is 27.7. The lowest BCUT2D eigenvalue weighted by molar-refractivity contribution is -0.137. The van der Waals surface area contributed by atoms with Crippen molar-refractivity contribution in [2.24, 2.45) is 0 Å². The molecule has 0 bridgehead atoms. The van der Waals surface area contributed by atoms with Crippen LogP contribution in [0.4, 0.5) is 0 Å². The first kappa shape index (κ1) is 14.4. The molecular weight excluding hydrogens is 302 g/mol. The molecule has 0 aliphatic rings. The van der Waals surface area contributed by atoms with Gasteiger partial charge in [-0.25, -0.2) is 9.67 Å². The number of carboxylic acid groups (broad SMARTS) is 1. The highest BCUT2D eigenvalue weighted by molar-refractivity contribution is 7.13. The highest BCUT2D eigenvalue weighted by Crippen LogP contribution is 2.28. The van der Waals surface area contributed by atoms with Gasteiger partial charge in [0.1, 0.15) is 0 Å². The quantitative estimate of drug-likeness (QED) is 0.732. The average Bonchev–Trinajstić information content (AvgIpc) is 3.13. The summed E-state index contributed by atoms with van der Waals surface area (Å²) in [7, 11) is 0. The maximum absolute atomic E-state index is 11.4. The summed E-state index contributed by atoms with van der Waals surface area (Å²) in [6, 6.07) is 5.59. The van der Waals surface area contributed by atoms with Crippen molar-refractivity contribution in [1.29, 1.82) is 0 Å². The molecule has 112 valence electrons. The van der Waals surface area contributed by atoms with Gasteiger partial charge >= 0.3 is 5.97 Å². The SMILES string of the molecule is Cc1nn(CCC(=O)O)c2nc(-c3cccs3)cc(C=O)c12. The van der Waals surface area contributed by atoms with Crippen LogP contribution in [0.5, 0.6) is 0 Å². The summed E-state index contributed by atoms with van der Waals surface area (Å²) >= 11 is 1.53. The summed E-state index contributed by atoms with van der Waals surface area (Å²) < 4.78 is 1.56. The molecule has 1 N–H and O–H groups in total. The Bertz CT molecular complexity index is 853. The molecule has 0 fully saturated rings. The number of carbonyl (C=O) groups excluding carboxylic acids is 1. The van der Waals surface area contributed by atoms with Gasteiger partial charge in [0.2, 0.25) is 0 Å². The zero-order valence-corrected chi connectivity index (χ0v) is 12.6. The molecule has 0 saturated carbocycles. The number of carbonyl (C=O) groups is 2. The summed E-state index contributed by atoms with van der Waals surface area (Å²) in [6.07, 6.45) is 0.745. The van der Waals surface area contributed by atoms with Gasteiger partial charge in [0.15, 0.2) is 11.9 Å². The van der Waals surface area contributed by atoms with Crippen LogP contribution < -0.4 is 0 Å². The van der Waals surface area contributed by atoms with Gasteiger partial charge in [-0.1, -0.05) is 6.07 Å². The number of hydrogen-bond acceptors (Lipinski definition) is 5. The van der Waals surface area contributed by atoms with E-state index in [1.165, 1.54) is 11.3 Å². The van der Waals surface area contributed by atoms with Crippen molar-refractivity contribution in [3.8, 4) is 10.6 Å². The molecule has 0 amide bonds. The Morgan fingerprint density at radius 3 is 2.95 bits per heavy atom. The smallest absolute Gasteiger partial charge is 0.305 e. The van der Waals surface area contributed by atoms with Crippen LogP contribution in [-0.4, -0.2) is 32.1 Å². The molecule has 3 rings (SSSR count). The molecule has 0 unspecified atom stereocenters. The van der Waals surface area contributed by atoms with Crippen molar-refractivity contribution in [3.05, 3.63) is 34.8 Å². The number of carboxylic acids is 1. The lowest BCUT2D eigenvalue weighted by Crippen LogP contribution is -2.07. The lowest BCUT2D eigenvalue weighted by atomic mass is 10.1. The highest BCUT2D eigenvalue weighted by atomic mass is 32.1. The van der Waals surface area contributed by atoms with Gasteiger partial charge in [0, 0.05) is 5.56 Å². The van der Waals surface area contributed by atoms with E-state index in [0.29, 0.717) is 28.0 Å². The van der Waals surface area contributed by atoms with E-state index >= 15 is 0 Å². The number of pyridine rings is 1. The minimum Gasteiger partial charge on any atom is -0.481 e. The Hall–Kier alpha value is -2.54. The maximum Gasteiger partial charge on any atom is 0.305 e. The highest BCUT2D eigenvalue weighted by Gasteiger charge is 2.16.